The van der Waals surface area contributed by atoms with E-state index in [0.29, 0.717) is 12.1 Å². The summed E-state index contributed by atoms with van der Waals surface area (Å²) in [5.41, 5.74) is 4.24. The number of anilines is 1. The summed E-state index contributed by atoms with van der Waals surface area (Å²) < 4.78 is 5.23. The molecule has 0 aliphatic carbocycles. The van der Waals surface area contributed by atoms with Crippen molar-refractivity contribution in [2.24, 2.45) is 0 Å². The zero-order valence-corrected chi connectivity index (χ0v) is 21.6. The number of carboxylic acids is 1. The summed E-state index contributed by atoms with van der Waals surface area (Å²) in [6.45, 7) is 3.49. The number of methoxy groups -OCH3 is 1. The molecule has 1 heterocycles. The van der Waals surface area contributed by atoms with Gasteiger partial charge in [0.1, 0.15) is 11.8 Å². The van der Waals surface area contributed by atoms with Crippen LogP contribution in [0.5, 0.6) is 5.75 Å². The van der Waals surface area contributed by atoms with Crippen LogP contribution in [0.4, 0.5) is 5.13 Å². The van der Waals surface area contributed by atoms with E-state index in [1.165, 1.54) is 0 Å². The number of benzene rings is 3. The predicted octanol–water partition coefficient (Wildman–Crippen LogP) is 5.27. The van der Waals surface area contributed by atoms with Crippen molar-refractivity contribution in [3.63, 3.8) is 0 Å². The van der Waals surface area contributed by atoms with Gasteiger partial charge in [0.2, 0.25) is 0 Å². The Morgan fingerprint density at radius 2 is 1.70 bits per heavy atom. The maximum absolute atomic E-state index is 12.7. The van der Waals surface area contributed by atoms with Crippen LogP contribution >= 0.6 is 11.3 Å². The molecule has 0 spiro atoms. The molecule has 4 rings (SSSR count). The van der Waals surface area contributed by atoms with Gasteiger partial charge in [0.05, 0.1) is 12.8 Å². The van der Waals surface area contributed by atoms with E-state index in [9.17, 15) is 14.7 Å². The highest BCUT2D eigenvalue weighted by atomic mass is 32.1. The number of nitrogens with one attached hydrogen (secondary N) is 1. The maximum atomic E-state index is 12.7. The first-order valence-corrected chi connectivity index (χ1v) is 12.9. The van der Waals surface area contributed by atoms with Crippen molar-refractivity contribution in [1.82, 2.24) is 10.3 Å². The van der Waals surface area contributed by atoms with E-state index in [4.69, 9.17) is 9.72 Å². The highest BCUT2D eigenvalue weighted by Crippen LogP contribution is 2.29. The molecule has 1 unspecified atom stereocenters. The van der Waals surface area contributed by atoms with Crippen LogP contribution in [0.1, 0.15) is 28.4 Å². The topological polar surface area (TPSA) is 91.8 Å². The number of hydrogen-bond acceptors (Lipinski definition) is 6. The number of carbonyl (C=O) groups is 2. The molecule has 1 aromatic heterocycles. The summed E-state index contributed by atoms with van der Waals surface area (Å²) in [7, 11) is 1.65. The molecule has 0 aliphatic rings. The highest BCUT2D eigenvalue weighted by molar-refractivity contribution is 7.14. The van der Waals surface area contributed by atoms with Crippen molar-refractivity contribution < 1.29 is 19.4 Å². The minimum Gasteiger partial charge on any atom is -0.497 e. The van der Waals surface area contributed by atoms with Crippen LogP contribution in [-0.2, 0) is 17.8 Å². The average Bonchev–Trinajstić information content (AvgIpc) is 3.42. The van der Waals surface area contributed by atoms with Gasteiger partial charge in [0.25, 0.3) is 5.91 Å². The first-order valence-electron chi connectivity index (χ1n) is 12.0. The molecule has 1 atom stereocenters. The Bertz CT molecular complexity index is 1320. The number of amides is 1. The lowest BCUT2D eigenvalue weighted by Crippen LogP contribution is -2.42. The Morgan fingerprint density at radius 1 is 1.00 bits per heavy atom. The fraction of sp³-hybridized carbons (Fsp3) is 0.207. The third kappa shape index (κ3) is 6.74. The van der Waals surface area contributed by atoms with Crippen LogP contribution < -0.4 is 15.0 Å². The average molecular weight is 516 g/mol. The van der Waals surface area contributed by atoms with Crippen molar-refractivity contribution in [3.8, 4) is 17.0 Å². The number of thiazole rings is 1. The van der Waals surface area contributed by atoms with Crippen molar-refractivity contribution in [1.29, 1.82) is 0 Å². The van der Waals surface area contributed by atoms with Crippen molar-refractivity contribution in [3.05, 3.63) is 101 Å². The second-order valence-electron chi connectivity index (χ2n) is 8.51. The van der Waals surface area contributed by atoms with Gasteiger partial charge >= 0.3 is 5.97 Å². The van der Waals surface area contributed by atoms with E-state index >= 15 is 0 Å². The van der Waals surface area contributed by atoms with Gasteiger partial charge in [-0.05, 0) is 54.4 Å². The number of rotatable bonds is 11. The van der Waals surface area contributed by atoms with Gasteiger partial charge in [-0.3, -0.25) is 4.79 Å². The number of aromatic nitrogens is 1. The fourth-order valence-corrected chi connectivity index (χ4v) is 4.79. The standard InChI is InChI=1S/C29H29N3O4S/c1-3-32(29-31-26(19-37-29)22-13-15-24(36-2)16-14-22)18-21-9-11-23(12-10-21)27(33)30-25(28(34)35)17-20-7-5-4-6-8-20/h4-16,19,25H,3,17-18H2,1-2H3,(H,30,33)(H,34,35). The lowest BCUT2D eigenvalue weighted by molar-refractivity contribution is -0.139. The number of carbonyl (C=O) groups excluding carboxylic acids is 1. The van der Waals surface area contributed by atoms with Gasteiger partial charge in [-0.1, -0.05) is 42.5 Å². The molecule has 0 bridgehead atoms. The summed E-state index contributed by atoms with van der Waals surface area (Å²) in [5.74, 6) is -0.669. The first kappa shape index (κ1) is 25.9. The molecule has 190 valence electrons. The molecule has 0 saturated heterocycles. The van der Waals surface area contributed by atoms with Crippen LogP contribution in [0.2, 0.25) is 0 Å². The molecule has 37 heavy (non-hydrogen) atoms. The third-order valence-corrected chi connectivity index (χ3v) is 6.91. The fourth-order valence-electron chi connectivity index (χ4n) is 3.89. The Kier molecular flexibility index (Phi) is 8.53. The second kappa shape index (κ2) is 12.2. The molecule has 8 heteroatoms. The second-order valence-corrected chi connectivity index (χ2v) is 9.35. The van der Waals surface area contributed by atoms with E-state index in [0.717, 1.165) is 39.8 Å². The van der Waals surface area contributed by atoms with E-state index in [1.54, 1.807) is 30.6 Å². The maximum Gasteiger partial charge on any atom is 0.326 e. The first-order chi connectivity index (χ1) is 18.0. The van der Waals surface area contributed by atoms with E-state index in [-0.39, 0.29) is 6.42 Å². The Morgan fingerprint density at radius 3 is 2.32 bits per heavy atom. The predicted molar refractivity (Wildman–Crippen MR) is 146 cm³/mol. The van der Waals surface area contributed by atoms with Gasteiger partial charge < -0.3 is 20.1 Å². The summed E-state index contributed by atoms with van der Waals surface area (Å²) in [6.07, 6.45) is 0.220. The van der Waals surface area contributed by atoms with Crippen molar-refractivity contribution >= 4 is 28.3 Å². The molecule has 3 aromatic carbocycles. The quantitative estimate of drug-likeness (QED) is 0.283. The smallest absolute Gasteiger partial charge is 0.326 e. The van der Waals surface area contributed by atoms with Gasteiger partial charge in [-0.25, -0.2) is 9.78 Å². The molecule has 0 radical (unpaired) electrons. The van der Waals surface area contributed by atoms with Gasteiger partial charge in [0, 0.05) is 36.0 Å². The normalized spacial score (nSPS) is 11.5. The lowest BCUT2D eigenvalue weighted by Gasteiger charge is -2.20. The van der Waals surface area contributed by atoms with E-state index in [1.807, 2.05) is 72.1 Å². The van der Waals surface area contributed by atoms with Crippen LogP contribution in [0, 0.1) is 0 Å². The number of nitrogens with zero attached hydrogens (tertiary/aromatic N) is 2. The van der Waals surface area contributed by atoms with Gasteiger partial charge in [-0.2, -0.15) is 0 Å². The largest absolute Gasteiger partial charge is 0.497 e. The van der Waals surface area contributed by atoms with Crippen LogP contribution in [0.3, 0.4) is 0 Å². The minimum absolute atomic E-state index is 0.220. The summed E-state index contributed by atoms with van der Waals surface area (Å²) in [4.78, 5) is 31.4. The molecular formula is C29H29N3O4S. The molecular weight excluding hydrogens is 486 g/mol. The molecule has 7 nitrogen and oxygen atoms in total. The van der Waals surface area contributed by atoms with Crippen LogP contribution in [0.25, 0.3) is 11.3 Å². The number of carboxylic acid groups (broad SMARTS) is 1. The number of ether oxygens (including phenoxy) is 1. The number of aliphatic carboxylic acids is 1. The number of hydrogen-bond donors (Lipinski definition) is 2. The molecule has 1 amide bonds. The van der Waals surface area contributed by atoms with E-state index < -0.39 is 17.9 Å². The highest BCUT2D eigenvalue weighted by Gasteiger charge is 2.21. The monoisotopic (exact) mass is 515 g/mol. The molecule has 0 saturated carbocycles. The molecule has 2 N–H and O–H groups in total. The Balaban J connectivity index is 1.39. The lowest BCUT2D eigenvalue weighted by atomic mass is 10.1. The van der Waals surface area contributed by atoms with E-state index in [2.05, 4.69) is 17.1 Å². The van der Waals surface area contributed by atoms with Gasteiger partial charge in [0.15, 0.2) is 5.13 Å². The zero-order valence-electron chi connectivity index (χ0n) is 20.8. The summed E-state index contributed by atoms with van der Waals surface area (Å²) in [5, 5.41) is 15.2. The van der Waals surface area contributed by atoms with Crippen molar-refractivity contribution in [2.75, 3.05) is 18.6 Å². The zero-order chi connectivity index (χ0) is 26.2. The summed E-state index contributed by atoms with van der Waals surface area (Å²) in [6, 6.07) is 23.3. The van der Waals surface area contributed by atoms with Crippen molar-refractivity contribution in [2.45, 2.75) is 25.9 Å². The molecule has 0 aliphatic heterocycles. The Hall–Kier alpha value is -4.17. The minimum atomic E-state index is -1.06. The van der Waals surface area contributed by atoms with Crippen LogP contribution in [0.15, 0.2) is 84.2 Å². The van der Waals surface area contributed by atoms with Crippen LogP contribution in [-0.4, -0.2) is 41.7 Å². The SMILES string of the molecule is CCN(Cc1ccc(C(=O)NC(Cc2ccccc2)C(=O)O)cc1)c1nc(-c2ccc(OC)cc2)cs1. The third-order valence-electron chi connectivity index (χ3n) is 6.01. The molecule has 0 fully saturated rings. The van der Waals surface area contributed by atoms with Gasteiger partial charge in [-0.15, -0.1) is 11.3 Å². The Labute approximate surface area is 220 Å². The summed E-state index contributed by atoms with van der Waals surface area (Å²) >= 11 is 1.59. The molecule has 4 aromatic rings.